The SMILES string of the molecule is COC(=O)[C@H]1CN(S(C)(=O)=O)CCN1C(=O)c1cccs1. The molecule has 116 valence electrons. The van der Waals surface area contributed by atoms with Crippen LogP contribution in [0.4, 0.5) is 0 Å². The van der Waals surface area contributed by atoms with Crippen LogP contribution in [0.15, 0.2) is 17.5 Å². The minimum atomic E-state index is -3.41. The van der Waals surface area contributed by atoms with Crippen molar-refractivity contribution in [2.45, 2.75) is 6.04 Å². The minimum Gasteiger partial charge on any atom is -0.467 e. The molecule has 0 radical (unpaired) electrons. The lowest BCUT2D eigenvalue weighted by Gasteiger charge is -2.38. The molecule has 0 unspecified atom stereocenters. The van der Waals surface area contributed by atoms with Crippen molar-refractivity contribution in [1.29, 1.82) is 0 Å². The lowest BCUT2D eigenvalue weighted by atomic mass is 10.2. The number of thiophene rings is 1. The first-order valence-electron chi connectivity index (χ1n) is 6.22. The summed E-state index contributed by atoms with van der Waals surface area (Å²) in [5.74, 6) is -0.901. The van der Waals surface area contributed by atoms with Crippen LogP contribution in [-0.2, 0) is 19.6 Å². The van der Waals surface area contributed by atoms with Gasteiger partial charge in [0.1, 0.15) is 6.04 Å². The van der Waals surface area contributed by atoms with E-state index in [1.807, 2.05) is 0 Å². The van der Waals surface area contributed by atoms with E-state index in [0.717, 1.165) is 6.26 Å². The van der Waals surface area contributed by atoms with Gasteiger partial charge in [0, 0.05) is 19.6 Å². The van der Waals surface area contributed by atoms with Gasteiger partial charge in [0.05, 0.1) is 18.2 Å². The topological polar surface area (TPSA) is 84.0 Å². The zero-order valence-electron chi connectivity index (χ0n) is 11.7. The molecule has 1 atom stereocenters. The first-order chi connectivity index (χ1) is 9.84. The van der Waals surface area contributed by atoms with Gasteiger partial charge in [0.25, 0.3) is 5.91 Å². The molecular weight excluding hydrogens is 316 g/mol. The van der Waals surface area contributed by atoms with Gasteiger partial charge >= 0.3 is 5.97 Å². The second-order valence-electron chi connectivity index (χ2n) is 4.64. The molecule has 1 fully saturated rings. The van der Waals surface area contributed by atoms with Crippen LogP contribution < -0.4 is 0 Å². The van der Waals surface area contributed by atoms with Gasteiger partial charge in [-0.15, -0.1) is 11.3 Å². The Bertz CT molecular complexity index is 626. The molecule has 1 aliphatic heterocycles. The highest BCUT2D eigenvalue weighted by atomic mass is 32.2. The van der Waals surface area contributed by atoms with Crippen molar-refractivity contribution in [3.63, 3.8) is 0 Å². The van der Waals surface area contributed by atoms with E-state index < -0.39 is 22.0 Å². The summed E-state index contributed by atoms with van der Waals surface area (Å²) < 4.78 is 29.1. The molecule has 1 aromatic heterocycles. The van der Waals surface area contributed by atoms with E-state index >= 15 is 0 Å². The normalized spacial score (nSPS) is 20.3. The van der Waals surface area contributed by atoms with Crippen LogP contribution >= 0.6 is 11.3 Å². The highest BCUT2D eigenvalue weighted by molar-refractivity contribution is 7.88. The molecule has 1 amide bonds. The summed E-state index contributed by atoms with van der Waals surface area (Å²) in [6.07, 6.45) is 1.08. The monoisotopic (exact) mass is 332 g/mol. The van der Waals surface area contributed by atoms with Crippen LogP contribution in [0.5, 0.6) is 0 Å². The van der Waals surface area contributed by atoms with Crippen molar-refractivity contribution >= 4 is 33.2 Å². The number of carbonyl (C=O) groups excluding carboxylic acids is 2. The Morgan fingerprint density at radius 3 is 2.62 bits per heavy atom. The molecule has 0 spiro atoms. The fraction of sp³-hybridized carbons (Fsp3) is 0.500. The van der Waals surface area contributed by atoms with E-state index in [1.54, 1.807) is 17.5 Å². The number of esters is 1. The Hall–Kier alpha value is -1.45. The number of piperazine rings is 1. The molecule has 2 heterocycles. The maximum absolute atomic E-state index is 12.4. The Balaban J connectivity index is 2.25. The molecule has 1 aromatic rings. The number of hydrogen-bond acceptors (Lipinski definition) is 6. The quantitative estimate of drug-likeness (QED) is 0.728. The first-order valence-corrected chi connectivity index (χ1v) is 8.95. The molecular formula is C12H16N2O5S2. The van der Waals surface area contributed by atoms with Crippen molar-refractivity contribution in [1.82, 2.24) is 9.21 Å². The summed E-state index contributed by atoms with van der Waals surface area (Å²) >= 11 is 1.28. The van der Waals surface area contributed by atoms with E-state index in [9.17, 15) is 18.0 Å². The molecule has 1 aliphatic rings. The zero-order chi connectivity index (χ0) is 15.6. The molecule has 0 saturated carbocycles. The molecule has 0 bridgehead atoms. The fourth-order valence-corrected chi connectivity index (χ4v) is 3.69. The van der Waals surface area contributed by atoms with E-state index in [2.05, 4.69) is 0 Å². The number of hydrogen-bond donors (Lipinski definition) is 0. The number of nitrogens with zero attached hydrogens (tertiary/aromatic N) is 2. The third kappa shape index (κ3) is 3.42. The van der Waals surface area contributed by atoms with Crippen molar-refractivity contribution in [2.75, 3.05) is 33.0 Å². The van der Waals surface area contributed by atoms with Gasteiger partial charge in [0.2, 0.25) is 10.0 Å². The second kappa shape index (κ2) is 6.12. The molecule has 2 rings (SSSR count). The number of carbonyl (C=O) groups is 2. The van der Waals surface area contributed by atoms with Crippen LogP contribution in [0, 0.1) is 0 Å². The summed E-state index contributed by atoms with van der Waals surface area (Å²) in [5.41, 5.74) is 0. The predicted octanol–water partition coefficient (Wildman–Crippen LogP) is 0.00710. The third-order valence-corrected chi connectivity index (χ3v) is 5.41. The molecule has 1 saturated heterocycles. The summed E-state index contributed by atoms with van der Waals surface area (Å²) in [6.45, 7) is 0.246. The lowest BCUT2D eigenvalue weighted by Crippen LogP contribution is -2.59. The number of amides is 1. The number of rotatable bonds is 3. The second-order valence-corrected chi connectivity index (χ2v) is 7.57. The molecule has 9 heteroatoms. The molecule has 7 nitrogen and oxygen atoms in total. The van der Waals surface area contributed by atoms with Gasteiger partial charge in [-0.2, -0.15) is 4.31 Å². The lowest BCUT2D eigenvalue weighted by molar-refractivity contribution is -0.147. The van der Waals surface area contributed by atoms with Gasteiger partial charge in [-0.05, 0) is 11.4 Å². The molecule has 0 aliphatic carbocycles. The Morgan fingerprint density at radius 2 is 2.10 bits per heavy atom. The largest absolute Gasteiger partial charge is 0.467 e. The summed E-state index contributed by atoms with van der Waals surface area (Å²) in [4.78, 5) is 26.2. The smallest absolute Gasteiger partial charge is 0.329 e. The van der Waals surface area contributed by atoms with Crippen LogP contribution in [0.2, 0.25) is 0 Å². The molecule has 0 N–H and O–H groups in total. The average Bonchev–Trinajstić information content (AvgIpc) is 2.98. The van der Waals surface area contributed by atoms with Crippen molar-refractivity contribution in [3.05, 3.63) is 22.4 Å². The zero-order valence-corrected chi connectivity index (χ0v) is 13.3. The van der Waals surface area contributed by atoms with Crippen molar-refractivity contribution < 1.29 is 22.7 Å². The minimum absolute atomic E-state index is 0.0807. The van der Waals surface area contributed by atoms with E-state index in [-0.39, 0.29) is 25.5 Å². The van der Waals surface area contributed by atoms with Gasteiger partial charge in [0.15, 0.2) is 0 Å². The Morgan fingerprint density at radius 1 is 1.38 bits per heavy atom. The predicted molar refractivity (Wildman–Crippen MR) is 77.6 cm³/mol. The number of ether oxygens (including phenoxy) is 1. The highest BCUT2D eigenvalue weighted by Crippen LogP contribution is 2.19. The maximum atomic E-state index is 12.4. The first kappa shape index (κ1) is 15.9. The highest BCUT2D eigenvalue weighted by Gasteiger charge is 2.39. The number of methoxy groups -OCH3 is 1. The maximum Gasteiger partial charge on any atom is 0.329 e. The average molecular weight is 332 g/mol. The van der Waals surface area contributed by atoms with Crippen LogP contribution in [0.25, 0.3) is 0 Å². The van der Waals surface area contributed by atoms with E-state index in [0.29, 0.717) is 4.88 Å². The fourth-order valence-electron chi connectivity index (χ4n) is 2.18. The van der Waals surface area contributed by atoms with Crippen molar-refractivity contribution in [3.8, 4) is 0 Å². The van der Waals surface area contributed by atoms with Gasteiger partial charge in [-0.3, -0.25) is 4.79 Å². The standard InChI is InChI=1S/C12H16N2O5S2/c1-19-12(16)9-8-13(21(2,17)18)5-6-14(9)11(15)10-4-3-7-20-10/h3-4,7,9H,5-6,8H2,1-2H3/t9-/m1/s1. The van der Waals surface area contributed by atoms with Gasteiger partial charge in [-0.25, -0.2) is 13.2 Å². The molecule has 0 aromatic carbocycles. The Labute approximate surface area is 127 Å². The van der Waals surface area contributed by atoms with E-state index in [1.165, 1.54) is 27.7 Å². The Kier molecular flexibility index (Phi) is 4.64. The van der Waals surface area contributed by atoms with Crippen molar-refractivity contribution in [2.24, 2.45) is 0 Å². The van der Waals surface area contributed by atoms with Gasteiger partial charge < -0.3 is 9.64 Å². The summed E-state index contributed by atoms with van der Waals surface area (Å²) in [7, 11) is -2.20. The van der Waals surface area contributed by atoms with Crippen LogP contribution in [0.3, 0.4) is 0 Å². The van der Waals surface area contributed by atoms with Crippen LogP contribution in [0.1, 0.15) is 9.67 Å². The summed E-state index contributed by atoms with van der Waals surface area (Å²) in [6, 6.07) is 2.50. The summed E-state index contributed by atoms with van der Waals surface area (Å²) in [5, 5.41) is 1.77. The van der Waals surface area contributed by atoms with E-state index in [4.69, 9.17) is 4.74 Å². The third-order valence-electron chi connectivity index (χ3n) is 3.28. The van der Waals surface area contributed by atoms with Gasteiger partial charge in [-0.1, -0.05) is 6.07 Å². The molecule has 21 heavy (non-hydrogen) atoms. The van der Waals surface area contributed by atoms with Crippen LogP contribution in [-0.4, -0.2) is 68.5 Å². The number of sulfonamides is 1.